The van der Waals surface area contributed by atoms with E-state index in [2.05, 4.69) is 4.98 Å². The zero-order valence-electron chi connectivity index (χ0n) is 11.8. The maximum Gasteiger partial charge on any atom is 0.332 e. The van der Waals surface area contributed by atoms with Gasteiger partial charge >= 0.3 is 5.69 Å². The topological polar surface area (TPSA) is 87.8 Å². The maximum atomic E-state index is 12.5. The van der Waals surface area contributed by atoms with Crippen LogP contribution in [0.1, 0.15) is 31.0 Å². The molecular weight excluding hydrogens is 258 g/mol. The summed E-state index contributed by atoms with van der Waals surface area (Å²) in [5.74, 6) is 1.34. The molecule has 0 unspecified atom stereocenters. The second-order valence-electron chi connectivity index (χ2n) is 5.42. The van der Waals surface area contributed by atoms with Gasteiger partial charge in [0.1, 0.15) is 5.82 Å². The maximum absolute atomic E-state index is 12.5. The highest BCUT2D eigenvalue weighted by molar-refractivity contribution is 5.71. The zero-order chi connectivity index (χ0) is 14.4. The standard InChI is InChI=1S/C13H19N5O2/c1-16-9-11(15-10(16)8-4-5-8)17(2)13(20)18(12(9)19)7-3-6-14/h8H,3-7,14H2,1-2H3. The predicted octanol–water partition coefficient (Wildman–Crippen LogP) is -0.340. The summed E-state index contributed by atoms with van der Waals surface area (Å²) in [7, 11) is 3.51. The molecule has 3 rings (SSSR count). The van der Waals surface area contributed by atoms with Gasteiger partial charge in [-0.2, -0.15) is 0 Å². The summed E-state index contributed by atoms with van der Waals surface area (Å²) >= 11 is 0. The highest BCUT2D eigenvalue weighted by atomic mass is 16.2. The first-order valence-electron chi connectivity index (χ1n) is 6.92. The third-order valence-electron chi connectivity index (χ3n) is 3.92. The number of aromatic nitrogens is 4. The Kier molecular flexibility index (Phi) is 3.01. The minimum Gasteiger partial charge on any atom is -0.330 e. The summed E-state index contributed by atoms with van der Waals surface area (Å²) in [5.41, 5.74) is 5.86. The number of hydrogen-bond acceptors (Lipinski definition) is 4. The third-order valence-corrected chi connectivity index (χ3v) is 3.92. The minimum atomic E-state index is -0.323. The average molecular weight is 277 g/mol. The molecule has 2 heterocycles. The van der Waals surface area contributed by atoms with E-state index in [1.165, 1.54) is 9.13 Å². The largest absolute Gasteiger partial charge is 0.332 e. The molecular formula is C13H19N5O2. The lowest BCUT2D eigenvalue weighted by molar-refractivity contribution is 0.576. The van der Waals surface area contributed by atoms with E-state index in [4.69, 9.17) is 5.73 Å². The molecule has 108 valence electrons. The summed E-state index contributed by atoms with van der Waals surface area (Å²) < 4.78 is 4.56. The third kappa shape index (κ3) is 1.81. The first-order chi connectivity index (χ1) is 9.56. The Balaban J connectivity index is 2.30. The molecule has 7 heteroatoms. The van der Waals surface area contributed by atoms with Crippen molar-refractivity contribution in [1.29, 1.82) is 0 Å². The molecule has 2 N–H and O–H groups in total. The van der Waals surface area contributed by atoms with Crippen LogP contribution in [-0.2, 0) is 20.6 Å². The molecule has 20 heavy (non-hydrogen) atoms. The Labute approximate surface area is 115 Å². The van der Waals surface area contributed by atoms with E-state index in [9.17, 15) is 9.59 Å². The second-order valence-corrected chi connectivity index (χ2v) is 5.42. The number of imidazole rings is 1. The SMILES string of the molecule is Cn1c(C2CC2)nc2c1c(=O)n(CCCN)c(=O)n2C. The number of aryl methyl sites for hydroxylation is 2. The summed E-state index contributed by atoms with van der Waals surface area (Å²) in [6.07, 6.45) is 2.81. The van der Waals surface area contributed by atoms with Crippen molar-refractivity contribution < 1.29 is 0 Å². The Hall–Kier alpha value is -1.89. The molecule has 2 aromatic rings. The van der Waals surface area contributed by atoms with Crippen LogP contribution in [0, 0.1) is 0 Å². The monoisotopic (exact) mass is 277 g/mol. The molecule has 0 spiro atoms. The molecule has 7 nitrogen and oxygen atoms in total. The molecule has 0 amide bonds. The van der Waals surface area contributed by atoms with Crippen molar-refractivity contribution in [3.63, 3.8) is 0 Å². The minimum absolute atomic E-state index is 0.265. The zero-order valence-corrected chi connectivity index (χ0v) is 11.8. The van der Waals surface area contributed by atoms with Crippen LogP contribution in [0.4, 0.5) is 0 Å². The van der Waals surface area contributed by atoms with Crippen LogP contribution < -0.4 is 17.0 Å². The number of hydrogen-bond donors (Lipinski definition) is 1. The van der Waals surface area contributed by atoms with Crippen LogP contribution in [0.25, 0.3) is 11.2 Å². The van der Waals surface area contributed by atoms with Crippen molar-refractivity contribution in [3.05, 3.63) is 26.7 Å². The predicted molar refractivity (Wildman–Crippen MR) is 75.9 cm³/mol. The van der Waals surface area contributed by atoms with E-state index in [-0.39, 0.29) is 11.2 Å². The average Bonchev–Trinajstić information content (AvgIpc) is 3.20. The van der Waals surface area contributed by atoms with Crippen LogP contribution in [0.3, 0.4) is 0 Å². The molecule has 0 aromatic carbocycles. The molecule has 0 saturated heterocycles. The van der Waals surface area contributed by atoms with E-state index in [0.29, 0.717) is 36.6 Å². The molecule has 1 fully saturated rings. The van der Waals surface area contributed by atoms with E-state index >= 15 is 0 Å². The van der Waals surface area contributed by atoms with Crippen LogP contribution >= 0.6 is 0 Å². The highest BCUT2D eigenvalue weighted by Crippen LogP contribution is 2.39. The fourth-order valence-corrected chi connectivity index (χ4v) is 2.61. The van der Waals surface area contributed by atoms with E-state index < -0.39 is 0 Å². The van der Waals surface area contributed by atoms with Gasteiger partial charge < -0.3 is 10.3 Å². The molecule has 0 radical (unpaired) electrons. The van der Waals surface area contributed by atoms with Gasteiger partial charge in [0.2, 0.25) is 0 Å². The van der Waals surface area contributed by atoms with Crippen LogP contribution in [0.2, 0.25) is 0 Å². The molecule has 1 aliphatic carbocycles. The Morgan fingerprint density at radius 2 is 1.95 bits per heavy atom. The van der Waals surface area contributed by atoms with Crippen molar-refractivity contribution in [1.82, 2.24) is 18.7 Å². The van der Waals surface area contributed by atoms with Crippen molar-refractivity contribution in [2.24, 2.45) is 19.8 Å². The molecule has 2 aromatic heterocycles. The van der Waals surface area contributed by atoms with Gasteiger partial charge in [0, 0.05) is 26.6 Å². The summed E-state index contributed by atoms with van der Waals surface area (Å²) in [4.78, 5) is 29.3. The smallest absolute Gasteiger partial charge is 0.330 e. The van der Waals surface area contributed by atoms with Gasteiger partial charge in [0.05, 0.1) is 0 Å². The van der Waals surface area contributed by atoms with Gasteiger partial charge in [-0.05, 0) is 25.8 Å². The first kappa shape index (κ1) is 13.1. The lowest BCUT2D eigenvalue weighted by Gasteiger charge is -2.07. The second kappa shape index (κ2) is 4.59. The van der Waals surface area contributed by atoms with Crippen LogP contribution in [0.5, 0.6) is 0 Å². The highest BCUT2D eigenvalue weighted by Gasteiger charge is 2.30. The van der Waals surface area contributed by atoms with Gasteiger partial charge in [0.25, 0.3) is 5.56 Å². The number of rotatable bonds is 4. The van der Waals surface area contributed by atoms with Gasteiger partial charge in [-0.3, -0.25) is 13.9 Å². The lowest BCUT2D eigenvalue weighted by Crippen LogP contribution is -2.40. The molecule has 1 aliphatic rings. The summed E-state index contributed by atoms with van der Waals surface area (Å²) in [5, 5.41) is 0. The van der Waals surface area contributed by atoms with Crippen LogP contribution in [-0.4, -0.2) is 25.2 Å². The summed E-state index contributed by atoms with van der Waals surface area (Å²) in [6.45, 7) is 0.800. The number of fused-ring (bicyclic) bond motifs is 1. The normalized spacial score (nSPS) is 15.2. The fraction of sp³-hybridized carbons (Fsp3) is 0.615. The van der Waals surface area contributed by atoms with Crippen molar-refractivity contribution in [3.8, 4) is 0 Å². The van der Waals surface area contributed by atoms with Crippen LogP contribution in [0.15, 0.2) is 9.59 Å². The van der Waals surface area contributed by atoms with Crippen molar-refractivity contribution in [2.75, 3.05) is 6.54 Å². The van der Waals surface area contributed by atoms with Gasteiger partial charge in [-0.1, -0.05) is 0 Å². The number of nitrogens with two attached hydrogens (primary N) is 1. The molecule has 0 bridgehead atoms. The number of nitrogens with zero attached hydrogens (tertiary/aromatic N) is 4. The molecule has 0 atom stereocenters. The summed E-state index contributed by atoms with van der Waals surface area (Å²) in [6, 6.07) is 0. The first-order valence-corrected chi connectivity index (χ1v) is 6.92. The van der Waals surface area contributed by atoms with Crippen molar-refractivity contribution >= 4 is 11.2 Å². The van der Waals surface area contributed by atoms with Gasteiger partial charge in [-0.25, -0.2) is 9.78 Å². The Morgan fingerprint density at radius 3 is 2.55 bits per heavy atom. The van der Waals surface area contributed by atoms with Gasteiger partial charge in [-0.15, -0.1) is 0 Å². The Morgan fingerprint density at radius 1 is 1.25 bits per heavy atom. The quantitative estimate of drug-likeness (QED) is 0.828. The molecule has 1 saturated carbocycles. The van der Waals surface area contributed by atoms with E-state index in [0.717, 1.165) is 18.7 Å². The lowest BCUT2D eigenvalue weighted by atomic mass is 10.4. The van der Waals surface area contributed by atoms with Gasteiger partial charge in [0.15, 0.2) is 11.2 Å². The van der Waals surface area contributed by atoms with E-state index in [1.54, 1.807) is 7.05 Å². The van der Waals surface area contributed by atoms with Crippen molar-refractivity contribution in [2.45, 2.75) is 31.7 Å². The van der Waals surface area contributed by atoms with E-state index in [1.807, 2.05) is 11.6 Å². The molecule has 0 aliphatic heterocycles. The fourth-order valence-electron chi connectivity index (χ4n) is 2.61. The Bertz CT molecular complexity index is 779.